The van der Waals surface area contributed by atoms with Crippen LogP contribution >= 0.6 is 22.6 Å². The number of benzene rings is 1. The van der Waals surface area contributed by atoms with Crippen LogP contribution in [0.25, 0.3) is 0 Å². The summed E-state index contributed by atoms with van der Waals surface area (Å²) in [5.41, 5.74) is 1.43. The number of hydrogen-bond donors (Lipinski definition) is 1. The molecule has 78 valence electrons. The summed E-state index contributed by atoms with van der Waals surface area (Å²) in [4.78, 5) is 0. The Morgan fingerprint density at radius 3 is 2.53 bits per heavy atom. The molecule has 1 aromatic carbocycles. The minimum atomic E-state index is 0.276. The van der Waals surface area contributed by atoms with Gasteiger partial charge in [-0.2, -0.15) is 5.26 Å². The molecular formula is C12H13IN2. The number of hydrogen-bond acceptors (Lipinski definition) is 2. The summed E-state index contributed by atoms with van der Waals surface area (Å²) in [5.74, 6) is 0. The second-order valence-corrected chi connectivity index (χ2v) is 5.44. The van der Waals surface area contributed by atoms with Crippen LogP contribution in [-0.4, -0.2) is 6.54 Å². The highest BCUT2D eigenvalue weighted by Gasteiger charge is 2.41. The SMILES string of the molecule is N#CCC1(CNc2ccc(I)cc2)CC1. The first-order valence-electron chi connectivity index (χ1n) is 5.11. The Kier molecular flexibility index (Phi) is 3.15. The molecule has 0 amide bonds. The van der Waals surface area contributed by atoms with E-state index in [1.807, 2.05) is 0 Å². The van der Waals surface area contributed by atoms with Crippen molar-refractivity contribution >= 4 is 28.3 Å². The fraction of sp³-hybridized carbons (Fsp3) is 0.417. The number of anilines is 1. The molecule has 1 fully saturated rings. The largest absolute Gasteiger partial charge is 0.384 e. The Bertz CT molecular complexity index is 374. The fourth-order valence-electron chi connectivity index (χ4n) is 1.62. The van der Waals surface area contributed by atoms with Gasteiger partial charge in [0, 0.05) is 27.6 Å². The first-order chi connectivity index (χ1) is 7.24. The van der Waals surface area contributed by atoms with Crippen molar-refractivity contribution in [2.24, 2.45) is 5.41 Å². The topological polar surface area (TPSA) is 35.8 Å². The van der Waals surface area contributed by atoms with Crippen LogP contribution in [0.1, 0.15) is 19.3 Å². The molecule has 1 aliphatic rings. The fourth-order valence-corrected chi connectivity index (χ4v) is 1.98. The lowest BCUT2D eigenvalue weighted by Gasteiger charge is -2.13. The highest BCUT2D eigenvalue weighted by molar-refractivity contribution is 14.1. The molecule has 15 heavy (non-hydrogen) atoms. The Labute approximate surface area is 104 Å². The first-order valence-corrected chi connectivity index (χ1v) is 6.18. The second kappa shape index (κ2) is 4.40. The minimum absolute atomic E-state index is 0.276. The average molecular weight is 312 g/mol. The maximum Gasteiger partial charge on any atom is 0.0628 e. The van der Waals surface area contributed by atoms with Crippen LogP contribution in [0.2, 0.25) is 0 Å². The molecule has 0 heterocycles. The van der Waals surface area contributed by atoms with E-state index < -0.39 is 0 Å². The monoisotopic (exact) mass is 312 g/mol. The third-order valence-corrected chi connectivity index (χ3v) is 3.64. The maximum absolute atomic E-state index is 8.70. The van der Waals surface area contributed by atoms with E-state index in [4.69, 9.17) is 5.26 Å². The zero-order chi connectivity index (χ0) is 10.7. The summed E-state index contributed by atoms with van der Waals surface area (Å²) < 4.78 is 1.25. The van der Waals surface area contributed by atoms with Gasteiger partial charge in [0.1, 0.15) is 0 Å². The van der Waals surface area contributed by atoms with E-state index in [1.54, 1.807) is 0 Å². The number of nitrogens with zero attached hydrogens (tertiary/aromatic N) is 1. The zero-order valence-corrected chi connectivity index (χ0v) is 10.6. The van der Waals surface area contributed by atoms with Crippen LogP contribution in [0.5, 0.6) is 0 Å². The van der Waals surface area contributed by atoms with Gasteiger partial charge in [-0.25, -0.2) is 0 Å². The predicted octanol–water partition coefficient (Wildman–Crippen LogP) is 3.40. The van der Waals surface area contributed by atoms with Gasteiger partial charge >= 0.3 is 0 Å². The lowest BCUT2D eigenvalue weighted by Crippen LogP contribution is -2.14. The number of nitrogens with one attached hydrogen (secondary N) is 1. The summed E-state index contributed by atoms with van der Waals surface area (Å²) in [6, 6.07) is 10.6. The molecule has 0 spiro atoms. The van der Waals surface area contributed by atoms with E-state index in [0.717, 1.165) is 12.2 Å². The Morgan fingerprint density at radius 2 is 2.00 bits per heavy atom. The van der Waals surface area contributed by atoms with Crippen LogP contribution in [0.3, 0.4) is 0 Å². The molecule has 0 bridgehead atoms. The van der Waals surface area contributed by atoms with Gasteiger partial charge in [0.25, 0.3) is 0 Å². The molecule has 1 aromatic rings. The van der Waals surface area contributed by atoms with Crippen molar-refractivity contribution in [3.63, 3.8) is 0 Å². The van der Waals surface area contributed by atoms with E-state index in [-0.39, 0.29) is 5.41 Å². The quantitative estimate of drug-likeness (QED) is 0.865. The standard InChI is InChI=1S/C12H13IN2/c13-10-1-3-11(4-2-10)15-9-12(5-6-12)7-8-14/h1-4,15H,5-7,9H2. The molecule has 0 saturated heterocycles. The van der Waals surface area contributed by atoms with Crippen molar-refractivity contribution in [3.8, 4) is 6.07 Å². The van der Waals surface area contributed by atoms with Gasteiger partial charge in [0.2, 0.25) is 0 Å². The predicted molar refractivity (Wildman–Crippen MR) is 69.5 cm³/mol. The summed E-state index contributed by atoms with van der Waals surface area (Å²) in [6.45, 7) is 0.932. The molecule has 0 aromatic heterocycles. The van der Waals surface area contributed by atoms with Crippen molar-refractivity contribution in [1.29, 1.82) is 5.26 Å². The van der Waals surface area contributed by atoms with Crippen molar-refractivity contribution in [1.82, 2.24) is 0 Å². The van der Waals surface area contributed by atoms with Crippen molar-refractivity contribution in [3.05, 3.63) is 27.8 Å². The molecule has 1 aliphatic carbocycles. The molecule has 1 N–H and O–H groups in total. The second-order valence-electron chi connectivity index (χ2n) is 4.20. The summed E-state index contributed by atoms with van der Waals surface area (Å²) in [7, 11) is 0. The van der Waals surface area contributed by atoms with Crippen molar-refractivity contribution in [2.75, 3.05) is 11.9 Å². The first kappa shape index (κ1) is 10.7. The number of rotatable bonds is 4. The normalized spacial score (nSPS) is 16.8. The minimum Gasteiger partial charge on any atom is -0.384 e. The van der Waals surface area contributed by atoms with E-state index >= 15 is 0 Å². The highest BCUT2D eigenvalue weighted by atomic mass is 127. The van der Waals surface area contributed by atoms with Gasteiger partial charge in [0.15, 0.2) is 0 Å². The van der Waals surface area contributed by atoms with Gasteiger partial charge in [-0.3, -0.25) is 0 Å². The lowest BCUT2D eigenvalue weighted by molar-refractivity contribution is 0.557. The molecule has 1 saturated carbocycles. The average Bonchev–Trinajstić information content (AvgIpc) is 2.99. The van der Waals surface area contributed by atoms with E-state index in [9.17, 15) is 0 Å². The highest BCUT2D eigenvalue weighted by Crippen LogP contribution is 2.48. The summed E-state index contributed by atoms with van der Waals surface area (Å²) in [6.07, 6.45) is 3.07. The van der Waals surface area contributed by atoms with Crippen molar-refractivity contribution < 1.29 is 0 Å². The summed E-state index contributed by atoms with van der Waals surface area (Å²) in [5, 5.41) is 12.1. The number of nitriles is 1. The van der Waals surface area contributed by atoms with Gasteiger partial charge in [-0.1, -0.05) is 0 Å². The Morgan fingerprint density at radius 1 is 1.33 bits per heavy atom. The molecule has 2 rings (SSSR count). The molecule has 0 radical (unpaired) electrons. The Balaban J connectivity index is 1.88. The summed E-state index contributed by atoms with van der Waals surface area (Å²) >= 11 is 2.30. The molecule has 0 unspecified atom stereocenters. The molecule has 3 heteroatoms. The van der Waals surface area contributed by atoms with E-state index in [2.05, 4.69) is 58.2 Å². The van der Waals surface area contributed by atoms with Gasteiger partial charge in [0.05, 0.1) is 6.07 Å². The van der Waals surface area contributed by atoms with E-state index in [1.165, 1.54) is 16.4 Å². The lowest BCUT2D eigenvalue weighted by atomic mass is 10.0. The molecule has 0 atom stereocenters. The maximum atomic E-state index is 8.70. The van der Waals surface area contributed by atoms with Crippen LogP contribution in [-0.2, 0) is 0 Å². The smallest absolute Gasteiger partial charge is 0.0628 e. The van der Waals surface area contributed by atoms with Gasteiger partial charge in [-0.15, -0.1) is 0 Å². The van der Waals surface area contributed by atoms with Crippen LogP contribution < -0.4 is 5.32 Å². The molecule has 0 aliphatic heterocycles. The van der Waals surface area contributed by atoms with Gasteiger partial charge in [-0.05, 0) is 59.7 Å². The van der Waals surface area contributed by atoms with Gasteiger partial charge < -0.3 is 5.32 Å². The van der Waals surface area contributed by atoms with E-state index in [0.29, 0.717) is 6.42 Å². The molecule has 2 nitrogen and oxygen atoms in total. The van der Waals surface area contributed by atoms with Crippen LogP contribution in [0.4, 0.5) is 5.69 Å². The zero-order valence-electron chi connectivity index (χ0n) is 8.46. The van der Waals surface area contributed by atoms with Crippen LogP contribution in [0, 0.1) is 20.3 Å². The molecular weight excluding hydrogens is 299 g/mol. The Hall–Kier alpha value is -0.760. The third-order valence-electron chi connectivity index (χ3n) is 2.92. The number of halogens is 1. The van der Waals surface area contributed by atoms with Crippen molar-refractivity contribution in [2.45, 2.75) is 19.3 Å². The third kappa shape index (κ3) is 2.85. The van der Waals surface area contributed by atoms with Crippen LogP contribution in [0.15, 0.2) is 24.3 Å².